The maximum absolute atomic E-state index is 4.71. The molecular formula is C19H16N4. The van der Waals surface area contributed by atoms with Crippen molar-refractivity contribution in [3.8, 4) is 0 Å². The van der Waals surface area contributed by atoms with Crippen LogP contribution in [0.25, 0.3) is 22.6 Å². The maximum Gasteiger partial charge on any atom is 0.153 e. The molecule has 0 saturated carbocycles. The average molecular weight is 300 g/mol. The molecule has 2 aromatic heterocycles. The number of aromatic nitrogens is 3. The summed E-state index contributed by atoms with van der Waals surface area (Å²) in [6.45, 7) is 0.709. The van der Waals surface area contributed by atoms with Gasteiger partial charge >= 0.3 is 0 Å². The standard InChI is InChI=1S/C19H16N4/c1-2-7-15(8-3-1)9-6-12-21-19-18-13-20-14-23(18)17-11-5-4-10-16(17)22-19/h1-11,13-14H,12H2,(H,21,22)/b9-6+. The smallest absolute Gasteiger partial charge is 0.153 e. The molecule has 0 aliphatic rings. The van der Waals surface area contributed by atoms with Crippen molar-refractivity contribution in [1.29, 1.82) is 0 Å². The van der Waals surface area contributed by atoms with Crippen LogP contribution in [0.1, 0.15) is 5.56 Å². The fourth-order valence-corrected chi connectivity index (χ4v) is 2.65. The number of anilines is 1. The molecule has 4 rings (SSSR count). The lowest BCUT2D eigenvalue weighted by Crippen LogP contribution is -2.03. The van der Waals surface area contributed by atoms with E-state index in [1.807, 2.05) is 48.9 Å². The molecule has 0 amide bonds. The van der Waals surface area contributed by atoms with Gasteiger partial charge in [0.2, 0.25) is 0 Å². The van der Waals surface area contributed by atoms with Crippen LogP contribution in [0.2, 0.25) is 0 Å². The molecule has 0 aliphatic carbocycles. The van der Waals surface area contributed by atoms with Crippen LogP contribution in [-0.2, 0) is 0 Å². The second-order valence-corrected chi connectivity index (χ2v) is 5.29. The Kier molecular flexibility index (Phi) is 3.48. The predicted octanol–water partition coefficient (Wildman–Crippen LogP) is 4.01. The van der Waals surface area contributed by atoms with Crippen LogP contribution in [-0.4, -0.2) is 20.9 Å². The molecular weight excluding hydrogens is 284 g/mol. The molecule has 0 radical (unpaired) electrons. The SMILES string of the molecule is C(=C\c1ccccc1)/CNc1nc2ccccc2n2cncc12. The Balaban J connectivity index is 1.61. The van der Waals surface area contributed by atoms with Crippen molar-refractivity contribution >= 4 is 28.4 Å². The fraction of sp³-hybridized carbons (Fsp3) is 0.0526. The summed E-state index contributed by atoms with van der Waals surface area (Å²) in [6.07, 6.45) is 7.85. The van der Waals surface area contributed by atoms with E-state index in [0.717, 1.165) is 22.4 Å². The lowest BCUT2D eigenvalue weighted by atomic mass is 10.2. The van der Waals surface area contributed by atoms with Gasteiger partial charge in [0.25, 0.3) is 0 Å². The topological polar surface area (TPSA) is 42.2 Å². The number of fused-ring (bicyclic) bond motifs is 3. The fourth-order valence-electron chi connectivity index (χ4n) is 2.65. The summed E-state index contributed by atoms with van der Waals surface area (Å²) in [6, 6.07) is 18.3. The van der Waals surface area contributed by atoms with Gasteiger partial charge < -0.3 is 5.32 Å². The summed E-state index contributed by atoms with van der Waals surface area (Å²) >= 11 is 0. The summed E-state index contributed by atoms with van der Waals surface area (Å²) in [5.41, 5.74) is 4.19. The van der Waals surface area contributed by atoms with Crippen molar-refractivity contribution in [2.24, 2.45) is 0 Å². The van der Waals surface area contributed by atoms with E-state index >= 15 is 0 Å². The van der Waals surface area contributed by atoms with Gasteiger partial charge in [-0.2, -0.15) is 0 Å². The van der Waals surface area contributed by atoms with Crippen LogP contribution in [0.4, 0.5) is 5.82 Å². The van der Waals surface area contributed by atoms with E-state index in [1.54, 1.807) is 0 Å². The Labute approximate surface area is 134 Å². The maximum atomic E-state index is 4.71. The van der Waals surface area contributed by atoms with E-state index in [2.05, 4.69) is 45.1 Å². The third-order valence-electron chi connectivity index (χ3n) is 3.75. The second-order valence-electron chi connectivity index (χ2n) is 5.29. The van der Waals surface area contributed by atoms with Crippen molar-refractivity contribution in [3.05, 3.63) is 78.8 Å². The molecule has 2 aromatic carbocycles. The van der Waals surface area contributed by atoms with E-state index in [4.69, 9.17) is 4.98 Å². The van der Waals surface area contributed by atoms with Gasteiger partial charge in [-0.3, -0.25) is 4.40 Å². The lowest BCUT2D eigenvalue weighted by Gasteiger charge is -2.08. The Hall–Kier alpha value is -3.14. The molecule has 23 heavy (non-hydrogen) atoms. The predicted molar refractivity (Wildman–Crippen MR) is 94.5 cm³/mol. The number of benzene rings is 2. The van der Waals surface area contributed by atoms with Crippen molar-refractivity contribution in [2.75, 3.05) is 11.9 Å². The first-order valence-corrected chi connectivity index (χ1v) is 7.58. The monoisotopic (exact) mass is 300 g/mol. The summed E-state index contributed by atoms with van der Waals surface area (Å²) in [7, 11) is 0. The van der Waals surface area contributed by atoms with Gasteiger partial charge in [-0.1, -0.05) is 54.6 Å². The first-order chi connectivity index (χ1) is 11.4. The zero-order chi connectivity index (χ0) is 15.5. The van der Waals surface area contributed by atoms with Crippen LogP contribution >= 0.6 is 0 Å². The molecule has 0 saturated heterocycles. The van der Waals surface area contributed by atoms with Gasteiger partial charge in [0.05, 0.1) is 23.6 Å². The van der Waals surface area contributed by atoms with Crippen LogP contribution in [0.5, 0.6) is 0 Å². The number of para-hydroxylation sites is 2. The average Bonchev–Trinajstić information content (AvgIpc) is 3.10. The van der Waals surface area contributed by atoms with Crippen LogP contribution < -0.4 is 5.32 Å². The molecule has 4 heteroatoms. The molecule has 1 N–H and O–H groups in total. The quantitative estimate of drug-likeness (QED) is 0.619. The van der Waals surface area contributed by atoms with Crippen LogP contribution in [0, 0.1) is 0 Å². The Morgan fingerprint density at radius 3 is 2.70 bits per heavy atom. The van der Waals surface area contributed by atoms with Gasteiger partial charge in [0.15, 0.2) is 5.82 Å². The van der Waals surface area contributed by atoms with Gasteiger partial charge in [0.1, 0.15) is 5.52 Å². The van der Waals surface area contributed by atoms with Gasteiger partial charge in [-0.15, -0.1) is 0 Å². The highest BCUT2D eigenvalue weighted by molar-refractivity contribution is 5.84. The van der Waals surface area contributed by atoms with Crippen LogP contribution in [0.3, 0.4) is 0 Å². The molecule has 0 unspecified atom stereocenters. The van der Waals surface area contributed by atoms with E-state index in [-0.39, 0.29) is 0 Å². The highest BCUT2D eigenvalue weighted by Gasteiger charge is 2.07. The molecule has 0 aliphatic heterocycles. The second kappa shape index (κ2) is 5.93. The third-order valence-corrected chi connectivity index (χ3v) is 3.75. The number of imidazole rings is 1. The van der Waals surface area contributed by atoms with Crippen molar-refractivity contribution < 1.29 is 0 Å². The molecule has 2 heterocycles. The molecule has 0 fully saturated rings. The minimum Gasteiger partial charge on any atom is -0.365 e. The summed E-state index contributed by atoms with van der Waals surface area (Å²) in [5.74, 6) is 0.846. The molecule has 0 bridgehead atoms. The number of hydrogen-bond donors (Lipinski definition) is 1. The van der Waals surface area contributed by atoms with Crippen molar-refractivity contribution in [1.82, 2.24) is 14.4 Å². The van der Waals surface area contributed by atoms with E-state index < -0.39 is 0 Å². The van der Waals surface area contributed by atoms with E-state index in [1.165, 1.54) is 5.56 Å². The Bertz CT molecular complexity index is 970. The number of rotatable bonds is 4. The number of nitrogens with one attached hydrogen (secondary N) is 1. The largest absolute Gasteiger partial charge is 0.365 e. The molecule has 112 valence electrons. The zero-order valence-electron chi connectivity index (χ0n) is 12.6. The third kappa shape index (κ3) is 2.66. The highest BCUT2D eigenvalue weighted by Crippen LogP contribution is 2.21. The Morgan fingerprint density at radius 2 is 1.78 bits per heavy atom. The van der Waals surface area contributed by atoms with Gasteiger partial charge in [-0.25, -0.2) is 9.97 Å². The minimum atomic E-state index is 0.709. The number of hydrogen-bond acceptors (Lipinski definition) is 3. The zero-order valence-corrected chi connectivity index (χ0v) is 12.6. The Morgan fingerprint density at radius 1 is 0.957 bits per heavy atom. The van der Waals surface area contributed by atoms with Gasteiger partial charge in [0, 0.05) is 6.54 Å². The molecule has 4 nitrogen and oxygen atoms in total. The summed E-state index contributed by atoms with van der Waals surface area (Å²) < 4.78 is 2.06. The molecule has 0 spiro atoms. The first kappa shape index (κ1) is 13.5. The van der Waals surface area contributed by atoms with E-state index in [9.17, 15) is 0 Å². The van der Waals surface area contributed by atoms with Crippen molar-refractivity contribution in [2.45, 2.75) is 0 Å². The lowest BCUT2D eigenvalue weighted by molar-refractivity contribution is 1.17. The van der Waals surface area contributed by atoms with Crippen molar-refractivity contribution in [3.63, 3.8) is 0 Å². The van der Waals surface area contributed by atoms with Crippen LogP contribution in [0.15, 0.2) is 73.2 Å². The summed E-state index contributed by atoms with van der Waals surface area (Å²) in [4.78, 5) is 8.97. The first-order valence-electron chi connectivity index (χ1n) is 7.58. The highest BCUT2D eigenvalue weighted by atomic mass is 15.1. The number of nitrogens with zero attached hydrogens (tertiary/aromatic N) is 3. The molecule has 4 aromatic rings. The van der Waals surface area contributed by atoms with Gasteiger partial charge in [-0.05, 0) is 17.7 Å². The molecule has 0 atom stereocenters. The summed E-state index contributed by atoms with van der Waals surface area (Å²) in [5, 5.41) is 3.38. The van der Waals surface area contributed by atoms with E-state index in [0.29, 0.717) is 6.54 Å². The minimum absolute atomic E-state index is 0.709. The normalized spacial score (nSPS) is 11.5.